The molecule has 3 aromatic carbocycles. The summed E-state index contributed by atoms with van der Waals surface area (Å²) in [4.78, 5) is 13.1. The molecule has 0 spiro atoms. The molecule has 0 saturated carbocycles. The molecule has 0 atom stereocenters. The zero-order valence-electron chi connectivity index (χ0n) is 18.1. The van der Waals surface area contributed by atoms with E-state index in [0.717, 1.165) is 0 Å². The fraction of sp³-hybridized carbons (Fsp3) is 0.120. The van der Waals surface area contributed by atoms with Gasteiger partial charge in [0.1, 0.15) is 11.5 Å². The molecule has 1 aliphatic carbocycles. The summed E-state index contributed by atoms with van der Waals surface area (Å²) in [6.07, 6.45) is 1.45. The fourth-order valence-corrected chi connectivity index (χ4v) is 4.44. The van der Waals surface area contributed by atoms with E-state index < -0.39 is 10.0 Å². The lowest BCUT2D eigenvalue weighted by Crippen LogP contribution is -2.22. The highest BCUT2D eigenvalue weighted by Crippen LogP contribution is 2.29. The van der Waals surface area contributed by atoms with Crippen molar-refractivity contribution in [3.63, 3.8) is 0 Å². The summed E-state index contributed by atoms with van der Waals surface area (Å²) in [5, 5.41) is 3.06. The molecule has 0 unspecified atom stereocenters. The summed E-state index contributed by atoms with van der Waals surface area (Å²) >= 11 is 0. The highest BCUT2D eigenvalue weighted by atomic mass is 32.2. The molecule has 1 N–H and O–H groups in total. The molecule has 33 heavy (non-hydrogen) atoms. The molecule has 0 aromatic heterocycles. The first-order valence-corrected chi connectivity index (χ1v) is 11.7. The van der Waals surface area contributed by atoms with Crippen LogP contribution in [0, 0.1) is 0 Å². The average Bonchev–Trinajstić information content (AvgIpc) is 2.83. The van der Waals surface area contributed by atoms with Gasteiger partial charge in [0.15, 0.2) is 0 Å². The van der Waals surface area contributed by atoms with Gasteiger partial charge in [-0.05, 0) is 49.4 Å². The predicted molar refractivity (Wildman–Crippen MR) is 127 cm³/mol. The van der Waals surface area contributed by atoms with Crippen molar-refractivity contribution >= 4 is 27.2 Å². The number of sulfonamides is 1. The normalized spacial score (nSPS) is 14.4. The van der Waals surface area contributed by atoms with Crippen LogP contribution in [0.4, 0.5) is 5.69 Å². The minimum Gasteiger partial charge on any atom is -0.495 e. The fourth-order valence-electron chi connectivity index (χ4n) is 3.45. The number of ketones is 1. The SMILES string of the molecule is CCOc1ccc(S(=O)(=O)/N=C2/C=C(Nc3ccccc3OC)C(=O)c3ccccc32)cc1. The summed E-state index contributed by atoms with van der Waals surface area (Å²) in [5.41, 5.74) is 1.74. The van der Waals surface area contributed by atoms with Gasteiger partial charge in [-0.3, -0.25) is 4.79 Å². The average molecular weight is 463 g/mol. The Morgan fingerprint density at radius 2 is 1.58 bits per heavy atom. The van der Waals surface area contributed by atoms with Crippen molar-refractivity contribution in [1.82, 2.24) is 0 Å². The molecule has 0 amide bonds. The lowest BCUT2D eigenvalue weighted by atomic mass is 9.92. The molecule has 0 aliphatic heterocycles. The van der Waals surface area contributed by atoms with Crippen LogP contribution in [0.1, 0.15) is 22.8 Å². The maximum absolute atomic E-state index is 13.1. The number of benzene rings is 3. The number of ether oxygens (including phenoxy) is 2. The van der Waals surface area contributed by atoms with Gasteiger partial charge in [-0.15, -0.1) is 0 Å². The summed E-state index contributed by atoms with van der Waals surface area (Å²) < 4.78 is 40.9. The van der Waals surface area contributed by atoms with E-state index in [2.05, 4.69) is 9.71 Å². The van der Waals surface area contributed by atoms with Crippen molar-refractivity contribution in [2.75, 3.05) is 19.0 Å². The number of para-hydroxylation sites is 2. The van der Waals surface area contributed by atoms with Gasteiger partial charge >= 0.3 is 0 Å². The van der Waals surface area contributed by atoms with Gasteiger partial charge in [0.05, 0.1) is 35.7 Å². The van der Waals surface area contributed by atoms with Gasteiger partial charge in [-0.25, -0.2) is 0 Å². The number of hydrogen-bond acceptors (Lipinski definition) is 6. The molecular weight excluding hydrogens is 440 g/mol. The van der Waals surface area contributed by atoms with E-state index in [4.69, 9.17) is 9.47 Å². The number of carbonyl (C=O) groups excluding carboxylic acids is 1. The number of allylic oxidation sites excluding steroid dienone is 2. The number of rotatable bonds is 7. The Labute approximate surface area is 192 Å². The smallest absolute Gasteiger partial charge is 0.282 e. The van der Waals surface area contributed by atoms with Crippen LogP contribution < -0.4 is 14.8 Å². The molecule has 3 aromatic rings. The maximum Gasteiger partial charge on any atom is 0.282 e. The molecule has 0 saturated heterocycles. The van der Waals surface area contributed by atoms with E-state index in [1.165, 1.54) is 25.3 Å². The third-order valence-electron chi connectivity index (χ3n) is 5.00. The first-order chi connectivity index (χ1) is 15.9. The van der Waals surface area contributed by atoms with Crippen LogP contribution in [0.25, 0.3) is 0 Å². The predicted octanol–water partition coefficient (Wildman–Crippen LogP) is 4.46. The van der Waals surface area contributed by atoms with E-state index in [1.807, 2.05) is 13.0 Å². The van der Waals surface area contributed by atoms with Crippen molar-refractivity contribution in [3.05, 3.63) is 95.7 Å². The minimum atomic E-state index is -4.04. The van der Waals surface area contributed by atoms with Crippen LogP contribution in [0.3, 0.4) is 0 Å². The van der Waals surface area contributed by atoms with Gasteiger partial charge in [0.2, 0.25) is 5.78 Å². The largest absolute Gasteiger partial charge is 0.495 e. The van der Waals surface area contributed by atoms with Crippen molar-refractivity contribution in [1.29, 1.82) is 0 Å². The number of nitrogens with one attached hydrogen (secondary N) is 1. The lowest BCUT2D eigenvalue weighted by molar-refractivity contribution is 0.103. The molecule has 168 valence electrons. The maximum atomic E-state index is 13.1. The van der Waals surface area contributed by atoms with Crippen LogP contribution in [0.15, 0.2) is 93.9 Å². The highest BCUT2D eigenvalue weighted by molar-refractivity contribution is 7.90. The second-order valence-corrected chi connectivity index (χ2v) is 8.72. The van der Waals surface area contributed by atoms with E-state index >= 15 is 0 Å². The minimum absolute atomic E-state index is 0.0282. The number of nitrogens with zero attached hydrogens (tertiary/aromatic N) is 1. The van der Waals surface area contributed by atoms with Crippen LogP contribution in [-0.2, 0) is 10.0 Å². The summed E-state index contributed by atoms with van der Waals surface area (Å²) in [6, 6.07) is 20.0. The molecule has 0 bridgehead atoms. The van der Waals surface area contributed by atoms with Crippen LogP contribution in [-0.4, -0.2) is 33.6 Å². The molecular formula is C25H22N2O5S. The van der Waals surface area contributed by atoms with E-state index in [0.29, 0.717) is 34.9 Å². The number of anilines is 1. The van der Waals surface area contributed by atoms with E-state index in [-0.39, 0.29) is 22.1 Å². The van der Waals surface area contributed by atoms with Crippen molar-refractivity contribution in [2.45, 2.75) is 11.8 Å². The quantitative estimate of drug-likeness (QED) is 0.557. The molecule has 0 radical (unpaired) electrons. The Bertz CT molecular complexity index is 1360. The second-order valence-electron chi connectivity index (χ2n) is 7.11. The topological polar surface area (TPSA) is 94.1 Å². The first kappa shape index (κ1) is 22.3. The Balaban J connectivity index is 1.77. The summed E-state index contributed by atoms with van der Waals surface area (Å²) in [7, 11) is -2.51. The highest BCUT2D eigenvalue weighted by Gasteiger charge is 2.26. The Hall–Kier alpha value is -3.91. The van der Waals surface area contributed by atoms with Gasteiger partial charge in [-0.2, -0.15) is 12.8 Å². The molecule has 1 aliphatic rings. The van der Waals surface area contributed by atoms with Gasteiger partial charge in [0, 0.05) is 11.1 Å². The zero-order valence-corrected chi connectivity index (χ0v) is 18.9. The monoisotopic (exact) mass is 462 g/mol. The second kappa shape index (κ2) is 9.30. The number of fused-ring (bicyclic) bond motifs is 1. The zero-order chi connectivity index (χ0) is 23.4. The Morgan fingerprint density at radius 3 is 2.27 bits per heavy atom. The van der Waals surface area contributed by atoms with Crippen LogP contribution in [0.2, 0.25) is 0 Å². The molecule has 0 fully saturated rings. The first-order valence-electron chi connectivity index (χ1n) is 10.3. The van der Waals surface area contributed by atoms with Crippen LogP contribution in [0.5, 0.6) is 11.5 Å². The van der Waals surface area contributed by atoms with Crippen molar-refractivity contribution < 1.29 is 22.7 Å². The third kappa shape index (κ3) is 4.65. The molecule has 8 heteroatoms. The molecule has 4 rings (SSSR count). The lowest BCUT2D eigenvalue weighted by Gasteiger charge is -2.19. The number of hydrogen-bond donors (Lipinski definition) is 1. The molecule has 0 heterocycles. The van der Waals surface area contributed by atoms with Gasteiger partial charge in [-0.1, -0.05) is 36.4 Å². The number of Topliss-reactive ketones (excluding diaryl/α,β-unsaturated/α-hetero) is 1. The van der Waals surface area contributed by atoms with Crippen molar-refractivity contribution in [2.24, 2.45) is 4.40 Å². The molecule has 7 nitrogen and oxygen atoms in total. The third-order valence-corrected chi connectivity index (χ3v) is 6.31. The van der Waals surface area contributed by atoms with Crippen molar-refractivity contribution in [3.8, 4) is 11.5 Å². The number of carbonyl (C=O) groups is 1. The van der Waals surface area contributed by atoms with Gasteiger partial charge < -0.3 is 14.8 Å². The summed E-state index contributed by atoms with van der Waals surface area (Å²) in [6.45, 7) is 2.33. The standard InChI is InChI=1S/C25H22N2O5S/c1-3-32-17-12-14-18(15-13-17)33(29,30)27-22-16-23(25(28)20-9-5-4-8-19(20)22)26-21-10-6-7-11-24(21)31-2/h4-16,26H,3H2,1-2H3/b27-22-. The van der Waals surface area contributed by atoms with E-state index in [1.54, 1.807) is 54.6 Å². The summed E-state index contributed by atoms with van der Waals surface area (Å²) in [5.74, 6) is 0.848. The Kier molecular flexibility index (Phi) is 6.28. The van der Waals surface area contributed by atoms with Crippen LogP contribution >= 0.6 is 0 Å². The number of methoxy groups -OCH3 is 1. The van der Waals surface area contributed by atoms with E-state index in [9.17, 15) is 13.2 Å². The van der Waals surface area contributed by atoms with Gasteiger partial charge in [0.25, 0.3) is 10.0 Å². The Morgan fingerprint density at radius 1 is 0.909 bits per heavy atom.